The van der Waals surface area contributed by atoms with Gasteiger partial charge in [0.1, 0.15) is 18.2 Å². The highest BCUT2D eigenvalue weighted by molar-refractivity contribution is 5.85. The van der Waals surface area contributed by atoms with Gasteiger partial charge in [-0.3, -0.25) is 9.59 Å². The summed E-state index contributed by atoms with van der Waals surface area (Å²) >= 11 is 0. The van der Waals surface area contributed by atoms with Crippen LogP contribution in [0.2, 0.25) is 0 Å². The van der Waals surface area contributed by atoms with E-state index >= 15 is 0 Å². The van der Waals surface area contributed by atoms with Gasteiger partial charge in [-0.15, -0.1) is 24.8 Å². The molecular formula is C30H40Cl2FN5O3. The number of carbonyl (C=O) groups excluding carboxylic acids is 2. The summed E-state index contributed by atoms with van der Waals surface area (Å²) < 4.78 is 19.6. The van der Waals surface area contributed by atoms with Crippen LogP contribution in [-0.4, -0.2) is 69.1 Å². The van der Waals surface area contributed by atoms with Crippen molar-refractivity contribution in [1.29, 1.82) is 0 Å². The predicted octanol–water partition coefficient (Wildman–Crippen LogP) is 3.29. The van der Waals surface area contributed by atoms with E-state index in [0.717, 1.165) is 49.5 Å². The molecule has 2 saturated heterocycles. The van der Waals surface area contributed by atoms with Crippen molar-refractivity contribution in [3.8, 4) is 5.75 Å². The third kappa shape index (κ3) is 9.07. The van der Waals surface area contributed by atoms with Crippen molar-refractivity contribution < 1.29 is 18.7 Å². The number of fused-ring (bicyclic) bond motifs is 3. The Morgan fingerprint density at radius 1 is 1.02 bits per heavy atom. The van der Waals surface area contributed by atoms with Gasteiger partial charge < -0.3 is 30.5 Å². The zero-order valence-corrected chi connectivity index (χ0v) is 24.8. The van der Waals surface area contributed by atoms with Crippen LogP contribution in [0.4, 0.5) is 10.1 Å². The zero-order chi connectivity index (χ0) is 27.0. The van der Waals surface area contributed by atoms with E-state index in [1.807, 2.05) is 17.0 Å². The normalized spacial score (nSPS) is 21.0. The summed E-state index contributed by atoms with van der Waals surface area (Å²) in [7, 11) is 0. The smallest absolute Gasteiger partial charge is 0.236 e. The highest BCUT2D eigenvalue weighted by Gasteiger charge is 2.31. The third-order valence-electron chi connectivity index (χ3n) is 7.82. The van der Waals surface area contributed by atoms with Crippen LogP contribution in [0.25, 0.3) is 0 Å². The minimum atomic E-state index is -0.313. The van der Waals surface area contributed by atoms with Crippen molar-refractivity contribution >= 4 is 42.3 Å². The fraction of sp³-hybridized carbons (Fsp3) is 0.467. The highest BCUT2D eigenvalue weighted by atomic mass is 35.5. The Kier molecular flexibility index (Phi) is 12.7. The third-order valence-corrected chi connectivity index (χ3v) is 7.82. The van der Waals surface area contributed by atoms with Gasteiger partial charge in [-0.25, -0.2) is 4.39 Å². The number of piperazine rings is 1. The minimum absolute atomic E-state index is 0. The van der Waals surface area contributed by atoms with E-state index in [-0.39, 0.29) is 60.8 Å². The van der Waals surface area contributed by atoms with E-state index in [2.05, 4.69) is 39.1 Å². The van der Waals surface area contributed by atoms with Crippen molar-refractivity contribution in [2.24, 2.45) is 11.8 Å². The number of hydrogen-bond donors (Lipinski definition) is 3. The van der Waals surface area contributed by atoms with Gasteiger partial charge in [-0.2, -0.15) is 0 Å². The van der Waals surface area contributed by atoms with E-state index in [4.69, 9.17) is 4.74 Å². The standard InChI is InChI=1S/C30H38FN5O3.2ClH/c31-26-5-1-3-22(15-26)18-34-29(37)17-23-8-11-36-21-24(23)4-2-14-39-28-7-6-27(35-12-9-32-10-13-35)16-25(28)19-33-20-30(36)38;;/h1-7,15-16,23-24,32-33H,8-14,17-21H2,(H,34,37);2*1H/t23-,24-;;/m0../s1. The molecule has 11 heteroatoms. The van der Waals surface area contributed by atoms with Crippen molar-refractivity contribution in [2.75, 3.05) is 57.3 Å². The van der Waals surface area contributed by atoms with Crippen molar-refractivity contribution in [1.82, 2.24) is 20.9 Å². The largest absolute Gasteiger partial charge is 0.489 e. The molecule has 5 rings (SSSR count). The molecular weight excluding hydrogens is 568 g/mol. The molecule has 2 aromatic carbocycles. The van der Waals surface area contributed by atoms with E-state index in [1.165, 1.54) is 17.8 Å². The van der Waals surface area contributed by atoms with E-state index in [0.29, 0.717) is 39.2 Å². The van der Waals surface area contributed by atoms with Crippen LogP contribution in [0.5, 0.6) is 5.75 Å². The highest BCUT2D eigenvalue weighted by Crippen LogP contribution is 2.29. The second-order valence-electron chi connectivity index (χ2n) is 10.5. The van der Waals surface area contributed by atoms with Gasteiger partial charge in [-0.05, 0) is 54.2 Å². The van der Waals surface area contributed by atoms with Crippen molar-refractivity contribution in [2.45, 2.75) is 25.9 Å². The molecule has 224 valence electrons. The molecule has 3 heterocycles. The molecule has 2 atom stereocenters. The fourth-order valence-electron chi connectivity index (χ4n) is 5.64. The summed E-state index contributed by atoms with van der Waals surface area (Å²) in [5, 5.41) is 9.64. The molecule has 0 spiro atoms. The van der Waals surface area contributed by atoms with Crippen LogP contribution in [0.15, 0.2) is 54.6 Å². The summed E-state index contributed by atoms with van der Waals surface area (Å²) in [5.74, 6) is 0.683. The summed E-state index contributed by atoms with van der Waals surface area (Å²) in [6, 6.07) is 12.6. The van der Waals surface area contributed by atoms with Gasteiger partial charge in [0.25, 0.3) is 0 Å². The maximum absolute atomic E-state index is 13.5. The van der Waals surface area contributed by atoms with Crippen LogP contribution < -0.4 is 25.6 Å². The Bertz CT molecular complexity index is 1190. The lowest BCUT2D eigenvalue weighted by atomic mass is 9.82. The first kappa shape index (κ1) is 32.7. The van der Waals surface area contributed by atoms with E-state index in [9.17, 15) is 14.0 Å². The average Bonchev–Trinajstić information content (AvgIpc) is 2.96. The first-order valence-electron chi connectivity index (χ1n) is 13.9. The summed E-state index contributed by atoms with van der Waals surface area (Å²) in [6.45, 7) is 6.61. The quantitative estimate of drug-likeness (QED) is 0.452. The summed E-state index contributed by atoms with van der Waals surface area (Å²) in [5.41, 5.74) is 2.94. The maximum Gasteiger partial charge on any atom is 0.236 e. The summed E-state index contributed by atoms with van der Waals surface area (Å²) in [4.78, 5) is 30.1. The molecule has 0 aromatic heterocycles. The molecule has 0 saturated carbocycles. The van der Waals surface area contributed by atoms with Gasteiger partial charge in [-0.1, -0.05) is 24.3 Å². The number of amides is 2. The lowest BCUT2D eigenvalue weighted by Crippen LogP contribution is -2.47. The molecule has 3 aliphatic heterocycles. The molecule has 2 fully saturated rings. The fourth-order valence-corrected chi connectivity index (χ4v) is 5.64. The molecule has 2 aromatic rings. The van der Waals surface area contributed by atoms with Crippen LogP contribution in [-0.2, 0) is 22.7 Å². The predicted molar refractivity (Wildman–Crippen MR) is 163 cm³/mol. The second-order valence-corrected chi connectivity index (χ2v) is 10.5. The summed E-state index contributed by atoms with van der Waals surface area (Å²) in [6.07, 6.45) is 5.23. The molecule has 0 radical (unpaired) electrons. The van der Waals surface area contributed by atoms with Gasteiger partial charge in [0.15, 0.2) is 0 Å². The number of hydrogen-bond acceptors (Lipinski definition) is 6. The van der Waals surface area contributed by atoms with Crippen LogP contribution in [0.1, 0.15) is 24.0 Å². The molecule has 3 N–H and O–H groups in total. The van der Waals surface area contributed by atoms with Crippen molar-refractivity contribution in [3.05, 3.63) is 71.6 Å². The van der Waals surface area contributed by atoms with Gasteiger partial charge >= 0.3 is 0 Å². The number of rotatable bonds is 5. The minimum Gasteiger partial charge on any atom is -0.489 e. The Morgan fingerprint density at radius 3 is 2.66 bits per heavy atom. The van der Waals surface area contributed by atoms with Crippen molar-refractivity contribution in [3.63, 3.8) is 0 Å². The van der Waals surface area contributed by atoms with Crippen LogP contribution in [0.3, 0.4) is 0 Å². The monoisotopic (exact) mass is 607 g/mol. The molecule has 0 unspecified atom stereocenters. The first-order valence-corrected chi connectivity index (χ1v) is 13.9. The number of anilines is 1. The SMILES string of the molecule is Cl.Cl.O=C(C[C@@H]1CCN2C[C@@H]1C=CCOc1ccc(N3CCNCC3)cc1CNCC2=O)NCc1cccc(F)c1. The molecule has 41 heavy (non-hydrogen) atoms. The molecule has 2 bridgehead atoms. The van der Waals surface area contributed by atoms with Crippen LogP contribution in [0, 0.1) is 17.7 Å². The molecule has 3 aliphatic rings. The van der Waals surface area contributed by atoms with Gasteiger partial charge in [0.2, 0.25) is 11.8 Å². The molecule has 8 nitrogen and oxygen atoms in total. The number of benzene rings is 2. The first-order chi connectivity index (χ1) is 19.0. The van der Waals surface area contributed by atoms with Crippen LogP contribution >= 0.6 is 24.8 Å². The number of nitrogens with zero attached hydrogens (tertiary/aromatic N) is 2. The number of carbonyl (C=O) groups is 2. The van der Waals surface area contributed by atoms with E-state index in [1.54, 1.807) is 12.1 Å². The Balaban J connectivity index is 0.00000231. The Morgan fingerprint density at radius 2 is 1.85 bits per heavy atom. The Labute approximate surface area is 253 Å². The van der Waals surface area contributed by atoms with Gasteiger partial charge in [0, 0.05) is 70.0 Å². The van der Waals surface area contributed by atoms with E-state index < -0.39 is 0 Å². The van der Waals surface area contributed by atoms with Gasteiger partial charge in [0.05, 0.1) is 6.54 Å². The molecule has 0 aliphatic carbocycles. The average molecular weight is 609 g/mol. The topological polar surface area (TPSA) is 85.9 Å². The maximum atomic E-state index is 13.5. The second kappa shape index (κ2) is 16.0. The molecule has 2 amide bonds. The lowest BCUT2D eigenvalue weighted by Gasteiger charge is -2.37. The lowest BCUT2D eigenvalue weighted by molar-refractivity contribution is -0.132. The number of ether oxygens (including phenoxy) is 1. The number of nitrogens with one attached hydrogen (secondary N) is 3. The Hall–Kier alpha value is -2.85. The number of piperidine rings is 1. The number of halogens is 3. The zero-order valence-electron chi connectivity index (χ0n) is 23.1.